The molecule has 3 rings (SSSR count). The van der Waals surface area contributed by atoms with Gasteiger partial charge in [0.2, 0.25) is 0 Å². The fourth-order valence-corrected chi connectivity index (χ4v) is 3.96. The number of hydrogen-bond donors (Lipinski definition) is 1. The Kier molecular flexibility index (Phi) is 5.22. The highest BCUT2D eigenvalue weighted by Gasteiger charge is 2.36. The van der Waals surface area contributed by atoms with Crippen molar-refractivity contribution in [3.8, 4) is 5.75 Å². The number of carbonyl (C=O) groups is 1. The van der Waals surface area contributed by atoms with Crippen LogP contribution in [-0.4, -0.2) is 22.2 Å². The summed E-state index contributed by atoms with van der Waals surface area (Å²) in [7, 11) is 1.62. The van der Waals surface area contributed by atoms with Crippen molar-refractivity contribution < 1.29 is 9.53 Å². The SMILES string of the molecule is COc1ccc(/C=C2\SC(=S)N(C(N)c3ccccc3C)C2=O)cc1. The van der Waals surface area contributed by atoms with E-state index < -0.39 is 6.17 Å². The minimum atomic E-state index is -0.588. The smallest absolute Gasteiger partial charge is 0.267 e. The predicted octanol–water partition coefficient (Wildman–Crippen LogP) is 3.86. The Hall–Kier alpha value is -2.15. The van der Waals surface area contributed by atoms with E-state index in [-0.39, 0.29) is 5.91 Å². The van der Waals surface area contributed by atoms with E-state index in [1.807, 2.05) is 61.5 Å². The molecule has 1 heterocycles. The molecule has 0 spiro atoms. The molecule has 1 aliphatic rings. The van der Waals surface area contributed by atoms with E-state index >= 15 is 0 Å². The number of aryl methyl sites for hydroxylation is 1. The second-order valence-corrected chi connectivity index (χ2v) is 7.30. The summed E-state index contributed by atoms with van der Waals surface area (Å²) >= 11 is 6.67. The maximum Gasteiger partial charge on any atom is 0.267 e. The van der Waals surface area contributed by atoms with Crippen molar-refractivity contribution in [2.45, 2.75) is 13.1 Å². The summed E-state index contributed by atoms with van der Waals surface area (Å²) < 4.78 is 5.62. The number of nitrogens with two attached hydrogens (primary N) is 1. The molecule has 1 atom stereocenters. The molecular weight excluding hydrogens is 352 g/mol. The summed E-state index contributed by atoms with van der Waals surface area (Å²) in [5.74, 6) is 0.604. The summed E-state index contributed by atoms with van der Waals surface area (Å²) in [6, 6.07) is 15.2. The maximum absolute atomic E-state index is 12.8. The van der Waals surface area contributed by atoms with Gasteiger partial charge in [-0.05, 0) is 41.8 Å². The van der Waals surface area contributed by atoms with Crippen LogP contribution in [0.25, 0.3) is 6.08 Å². The van der Waals surface area contributed by atoms with Gasteiger partial charge in [0.15, 0.2) is 0 Å². The number of hydrogen-bond acceptors (Lipinski definition) is 5. The lowest BCUT2D eigenvalue weighted by molar-refractivity contribution is -0.123. The molecule has 1 unspecified atom stereocenters. The normalized spacial score (nSPS) is 17.2. The fraction of sp³-hybridized carbons (Fsp3) is 0.158. The van der Waals surface area contributed by atoms with Crippen molar-refractivity contribution >= 4 is 40.3 Å². The van der Waals surface area contributed by atoms with Crippen LogP contribution in [0.2, 0.25) is 0 Å². The number of benzene rings is 2. The number of carbonyl (C=O) groups excluding carboxylic acids is 1. The molecule has 1 amide bonds. The molecule has 1 fully saturated rings. The summed E-state index contributed by atoms with van der Waals surface area (Å²) in [5, 5.41) is 0. The minimum Gasteiger partial charge on any atom is -0.497 e. The molecule has 0 bridgehead atoms. The van der Waals surface area contributed by atoms with Crippen molar-refractivity contribution in [2.24, 2.45) is 5.73 Å². The number of thiocarbonyl (C=S) groups is 1. The fourth-order valence-electron chi connectivity index (χ4n) is 2.63. The molecule has 2 N–H and O–H groups in total. The van der Waals surface area contributed by atoms with Gasteiger partial charge in [0.05, 0.1) is 12.0 Å². The average Bonchev–Trinajstić information content (AvgIpc) is 2.89. The van der Waals surface area contributed by atoms with E-state index in [0.717, 1.165) is 22.4 Å². The number of methoxy groups -OCH3 is 1. The van der Waals surface area contributed by atoms with Gasteiger partial charge < -0.3 is 10.5 Å². The summed E-state index contributed by atoms with van der Waals surface area (Å²) in [6.07, 6.45) is 1.24. The zero-order chi connectivity index (χ0) is 18.0. The van der Waals surface area contributed by atoms with Crippen LogP contribution >= 0.6 is 24.0 Å². The lowest BCUT2D eigenvalue weighted by Crippen LogP contribution is -2.38. The van der Waals surface area contributed by atoms with Crippen LogP contribution in [0, 0.1) is 6.92 Å². The quantitative estimate of drug-likeness (QED) is 0.654. The molecule has 0 aliphatic carbocycles. The number of ether oxygens (including phenoxy) is 1. The highest BCUT2D eigenvalue weighted by molar-refractivity contribution is 8.26. The number of nitrogens with zero attached hydrogens (tertiary/aromatic N) is 1. The van der Waals surface area contributed by atoms with Crippen LogP contribution in [0.5, 0.6) is 5.75 Å². The van der Waals surface area contributed by atoms with E-state index in [1.54, 1.807) is 7.11 Å². The topological polar surface area (TPSA) is 55.6 Å². The molecule has 1 aliphatic heterocycles. The van der Waals surface area contributed by atoms with Crippen LogP contribution in [0.3, 0.4) is 0 Å². The van der Waals surface area contributed by atoms with Gasteiger partial charge in [-0.15, -0.1) is 0 Å². The van der Waals surface area contributed by atoms with Crippen LogP contribution < -0.4 is 10.5 Å². The number of thioether (sulfide) groups is 1. The Balaban J connectivity index is 1.86. The molecule has 2 aromatic rings. The second kappa shape index (κ2) is 7.39. The maximum atomic E-state index is 12.8. The Morgan fingerprint density at radius 3 is 2.52 bits per heavy atom. The van der Waals surface area contributed by atoms with Gasteiger partial charge in [-0.25, -0.2) is 0 Å². The Bertz CT molecular complexity index is 847. The first-order valence-corrected chi connectivity index (χ1v) is 8.96. The lowest BCUT2D eigenvalue weighted by atomic mass is 10.1. The van der Waals surface area contributed by atoms with E-state index in [4.69, 9.17) is 22.7 Å². The molecule has 0 saturated carbocycles. The van der Waals surface area contributed by atoms with E-state index in [1.165, 1.54) is 16.7 Å². The van der Waals surface area contributed by atoms with Crippen molar-refractivity contribution in [1.29, 1.82) is 0 Å². The van der Waals surface area contributed by atoms with Crippen LogP contribution in [0.15, 0.2) is 53.4 Å². The average molecular weight is 370 g/mol. The third-order valence-electron chi connectivity index (χ3n) is 4.02. The molecule has 1 saturated heterocycles. The largest absolute Gasteiger partial charge is 0.497 e. The number of rotatable bonds is 4. The molecule has 0 radical (unpaired) electrons. The van der Waals surface area contributed by atoms with Crippen molar-refractivity contribution in [1.82, 2.24) is 4.90 Å². The molecule has 0 aromatic heterocycles. The van der Waals surface area contributed by atoms with E-state index in [2.05, 4.69) is 0 Å². The van der Waals surface area contributed by atoms with Crippen LogP contribution in [0.4, 0.5) is 0 Å². The summed E-state index contributed by atoms with van der Waals surface area (Å²) in [4.78, 5) is 14.9. The highest BCUT2D eigenvalue weighted by atomic mass is 32.2. The molecular formula is C19H18N2O2S2. The third-order valence-corrected chi connectivity index (χ3v) is 5.35. The van der Waals surface area contributed by atoms with Crippen molar-refractivity contribution in [3.05, 3.63) is 70.1 Å². The molecule has 25 heavy (non-hydrogen) atoms. The molecule has 2 aromatic carbocycles. The van der Waals surface area contributed by atoms with Gasteiger partial charge >= 0.3 is 0 Å². The Morgan fingerprint density at radius 1 is 1.20 bits per heavy atom. The Labute approximate surface area is 156 Å². The van der Waals surface area contributed by atoms with Gasteiger partial charge in [-0.3, -0.25) is 9.69 Å². The first-order chi connectivity index (χ1) is 12.0. The monoisotopic (exact) mass is 370 g/mol. The third kappa shape index (κ3) is 3.61. The summed E-state index contributed by atoms with van der Waals surface area (Å²) in [5.41, 5.74) is 9.17. The van der Waals surface area contributed by atoms with Gasteiger partial charge in [0.1, 0.15) is 16.2 Å². The van der Waals surface area contributed by atoms with Gasteiger partial charge in [-0.1, -0.05) is 60.4 Å². The molecule has 128 valence electrons. The van der Waals surface area contributed by atoms with Gasteiger partial charge in [-0.2, -0.15) is 0 Å². The standard InChI is InChI=1S/C19H18N2O2S2/c1-12-5-3-4-6-15(12)17(20)21-18(22)16(25-19(21)24)11-13-7-9-14(23-2)10-8-13/h3-11,17H,20H2,1-2H3/b16-11-. The molecule has 6 heteroatoms. The number of amides is 1. The van der Waals surface area contributed by atoms with E-state index in [9.17, 15) is 4.79 Å². The van der Waals surface area contributed by atoms with Crippen LogP contribution in [0.1, 0.15) is 22.9 Å². The van der Waals surface area contributed by atoms with Gasteiger partial charge in [0, 0.05) is 0 Å². The summed E-state index contributed by atoms with van der Waals surface area (Å²) in [6.45, 7) is 1.97. The van der Waals surface area contributed by atoms with Crippen LogP contribution in [-0.2, 0) is 4.79 Å². The zero-order valence-corrected chi connectivity index (χ0v) is 15.6. The van der Waals surface area contributed by atoms with Crippen molar-refractivity contribution in [3.63, 3.8) is 0 Å². The minimum absolute atomic E-state index is 0.165. The highest BCUT2D eigenvalue weighted by Crippen LogP contribution is 2.37. The molecule has 4 nitrogen and oxygen atoms in total. The second-order valence-electron chi connectivity index (χ2n) is 5.63. The van der Waals surface area contributed by atoms with Crippen molar-refractivity contribution in [2.75, 3.05) is 7.11 Å². The zero-order valence-electron chi connectivity index (χ0n) is 13.9. The first kappa shape index (κ1) is 17.7. The van der Waals surface area contributed by atoms with Gasteiger partial charge in [0.25, 0.3) is 5.91 Å². The predicted molar refractivity (Wildman–Crippen MR) is 106 cm³/mol. The van der Waals surface area contributed by atoms with E-state index in [0.29, 0.717) is 9.23 Å². The lowest BCUT2D eigenvalue weighted by Gasteiger charge is -2.24. The Morgan fingerprint density at radius 2 is 1.88 bits per heavy atom. The first-order valence-electron chi connectivity index (χ1n) is 7.73.